The molecule has 0 unspecified atom stereocenters. The number of amides is 2. The molecule has 0 spiro atoms. The normalized spacial score (nSPS) is 12.1. The maximum Gasteiger partial charge on any atom is 0.343 e. The van der Waals surface area contributed by atoms with Crippen molar-refractivity contribution in [1.82, 2.24) is 5.43 Å². The fourth-order valence-corrected chi connectivity index (χ4v) is 4.92. The highest BCUT2D eigenvalue weighted by Crippen LogP contribution is 2.39. The molecule has 2 aromatic carbocycles. The van der Waals surface area contributed by atoms with Gasteiger partial charge < -0.3 is 14.8 Å². The number of ether oxygens (including phenoxy) is 2. The molecule has 36 heavy (non-hydrogen) atoms. The van der Waals surface area contributed by atoms with Gasteiger partial charge in [-0.15, -0.1) is 11.3 Å². The number of benzene rings is 2. The van der Waals surface area contributed by atoms with Crippen LogP contribution in [0.15, 0.2) is 59.7 Å². The molecule has 4 rings (SSSR count). The number of esters is 2. The van der Waals surface area contributed by atoms with Gasteiger partial charge in [0.25, 0.3) is 0 Å². The molecule has 1 aromatic heterocycles. The smallest absolute Gasteiger partial charge is 0.343 e. The van der Waals surface area contributed by atoms with Crippen molar-refractivity contribution in [2.75, 3.05) is 11.9 Å². The molecule has 0 bridgehead atoms. The third kappa shape index (κ3) is 5.84. The molecular formula is C26H23N3O6S. The Bertz CT molecular complexity index is 1320. The molecule has 0 saturated heterocycles. The molecule has 1 aliphatic carbocycles. The molecule has 10 heteroatoms. The van der Waals surface area contributed by atoms with Crippen LogP contribution < -0.4 is 15.5 Å². The Morgan fingerprint density at radius 3 is 2.44 bits per heavy atom. The molecule has 3 aromatic rings. The summed E-state index contributed by atoms with van der Waals surface area (Å²) in [6.45, 7) is 1.92. The summed E-state index contributed by atoms with van der Waals surface area (Å²) in [5, 5.41) is 6.62. The summed E-state index contributed by atoms with van der Waals surface area (Å²) in [6, 6.07) is 15.1. The first-order valence-electron chi connectivity index (χ1n) is 11.3. The Balaban J connectivity index is 1.32. The number of hydrogen-bond donors (Lipinski definition) is 2. The third-order valence-electron chi connectivity index (χ3n) is 5.31. The van der Waals surface area contributed by atoms with Crippen LogP contribution in [0.25, 0.3) is 0 Å². The maximum absolute atomic E-state index is 12.4. The highest BCUT2D eigenvalue weighted by Gasteiger charge is 2.29. The van der Waals surface area contributed by atoms with Crippen molar-refractivity contribution in [2.24, 2.45) is 5.10 Å². The van der Waals surface area contributed by atoms with Crippen LogP contribution in [0.1, 0.15) is 50.1 Å². The first kappa shape index (κ1) is 24.8. The highest BCUT2D eigenvalue weighted by atomic mass is 32.1. The van der Waals surface area contributed by atoms with Gasteiger partial charge in [-0.2, -0.15) is 5.10 Å². The predicted molar refractivity (Wildman–Crippen MR) is 135 cm³/mol. The number of fused-ring (bicyclic) bond motifs is 1. The van der Waals surface area contributed by atoms with E-state index in [1.54, 1.807) is 55.5 Å². The quantitative estimate of drug-likeness (QED) is 0.166. The molecule has 2 N–H and O–H groups in total. The van der Waals surface area contributed by atoms with Crippen molar-refractivity contribution >= 4 is 46.3 Å². The van der Waals surface area contributed by atoms with Crippen molar-refractivity contribution in [3.05, 3.63) is 81.7 Å². The summed E-state index contributed by atoms with van der Waals surface area (Å²) in [5.41, 5.74) is 4.41. The average molecular weight is 506 g/mol. The average Bonchev–Trinajstić information content (AvgIpc) is 3.46. The second-order valence-corrected chi connectivity index (χ2v) is 8.86. The van der Waals surface area contributed by atoms with Crippen molar-refractivity contribution in [3.63, 3.8) is 0 Å². The van der Waals surface area contributed by atoms with Gasteiger partial charge in [-0.3, -0.25) is 9.59 Å². The SMILES string of the molecule is CCOC(=O)c1c(NC(=O)C(=O)NN=Cc2ccc(OC(=O)c3ccccc3)cc2)sc2c1CCC2. The largest absolute Gasteiger partial charge is 0.462 e. The number of nitrogens with one attached hydrogen (secondary N) is 2. The van der Waals surface area contributed by atoms with Crippen molar-refractivity contribution in [1.29, 1.82) is 0 Å². The van der Waals surface area contributed by atoms with E-state index in [4.69, 9.17) is 9.47 Å². The van der Waals surface area contributed by atoms with Crippen LogP contribution in [0.3, 0.4) is 0 Å². The highest BCUT2D eigenvalue weighted by molar-refractivity contribution is 7.17. The summed E-state index contributed by atoms with van der Waals surface area (Å²) in [4.78, 5) is 50.1. The van der Waals surface area contributed by atoms with Crippen LogP contribution in [0.2, 0.25) is 0 Å². The molecule has 2 amide bonds. The van der Waals surface area contributed by atoms with Crippen LogP contribution in [0.4, 0.5) is 5.00 Å². The minimum absolute atomic E-state index is 0.211. The van der Waals surface area contributed by atoms with Gasteiger partial charge in [0.15, 0.2) is 0 Å². The van der Waals surface area contributed by atoms with Crippen molar-refractivity contribution in [2.45, 2.75) is 26.2 Å². The fourth-order valence-electron chi connectivity index (χ4n) is 3.65. The van der Waals surface area contributed by atoms with E-state index in [1.165, 1.54) is 17.6 Å². The van der Waals surface area contributed by atoms with Gasteiger partial charge in [0.2, 0.25) is 0 Å². The van der Waals surface area contributed by atoms with Crippen molar-refractivity contribution < 1.29 is 28.7 Å². The van der Waals surface area contributed by atoms with E-state index in [9.17, 15) is 19.2 Å². The molecule has 0 fully saturated rings. The number of hydrazone groups is 1. The number of thiophene rings is 1. The number of hydrogen-bond acceptors (Lipinski definition) is 8. The first-order valence-corrected chi connectivity index (χ1v) is 12.1. The second-order valence-electron chi connectivity index (χ2n) is 7.76. The van der Waals surface area contributed by atoms with Gasteiger partial charge in [-0.25, -0.2) is 15.0 Å². The maximum atomic E-state index is 12.4. The molecular weight excluding hydrogens is 482 g/mol. The Morgan fingerprint density at radius 1 is 0.972 bits per heavy atom. The molecule has 0 atom stereocenters. The van der Waals surface area contributed by atoms with E-state index in [2.05, 4.69) is 15.8 Å². The minimum atomic E-state index is -0.983. The molecule has 184 valence electrons. The van der Waals surface area contributed by atoms with E-state index in [1.807, 2.05) is 6.07 Å². The summed E-state index contributed by atoms with van der Waals surface area (Å²) in [7, 11) is 0. The number of anilines is 1. The molecule has 0 radical (unpaired) electrons. The molecule has 1 heterocycles. The lowest BCUT2D eigenvalue weighted by Crippen LogP contribution is -2.32. The Kier molecular flexibility index (Phi) is 7.86. The standard InChI is InChI=1S/C26H23N3O6S/c1-2-34-26(33)21-19-9-6-10-20(19)36-24(21)28-22(30)23(31)29-27-15-16-11-13-18(14-12-16)35-25(32)17-7-4-3-5-8-17/h3-5,7-8,11-15H,2,6,9-10H2,1H3,(H,28,30)(H,29,31). The van der Waals surface area contributed by atoms with E-state index in [-0.39, 0.29) is 6.61 Å². The monoisotopic (exact) mass is 505 g/mol. The lowest BCUT2D eigenvalue weighted by atomic mass is 10.1. The zero-order valence-electron chi connectivity index (χ0n) is 19.4. The summed E-state index contributed by atoms with van der Waals surface area (Å²) in [6.07, 6.45) is 3.84. The molecule has 1 aliphatic rings. The van der Waals surface area contributed by atoms with Gasteiger partial charge in [0.05, 0.1) is 23.9 Å². The zero-order valence-corrected chi connectivity index (χ0v) is 20.2. The van der Waals surface area contributed by atoms with E-state index in [0.29, 0.717) is 27.4 Å². The number of carbonyl (C=O) groups is 4. The molecule has 9 nitrogen and oxygen atoms in total. The lowest BCUT2D eigenvalue weighted by molar-refractivity contribution is -0.136. The topological polar surface area (TPSA) is 123 Å². The fraction of sp³-hybridized carbons (Fsp3) is 0.192. The first-order chi connectivity index (χ1) is 17.5. The number of nitrogens with zero attached hydrogens (tertiary/aromatic N) is 1. The second kappa shape index (κ2) is 11.4. The third-order valence-corrected chi connectivity index (χ3v) is 6.52. The van der Waals surface area contributed by atoms with Gasteiger partial charge in [0, 0.05) is 4.88 Å². The molecule has 0 aliphatic heterocycles. The van der Waals surface area contributed by atoms with Gasteiger partial charge in [-0.05, 0) is 73.7 Å². The van der Waals surface area contributed by atoms with Gasteiger partial charge >= 0.3 is 23.8 Å². The van der Waals surface area contributed by atoms with Gasteiger partial charge in [-0.1, -0.05) is 18.2 Å². The van der Waals surface area contributed by atoms with Crippen LogP contribution in [0.5, 0.6) is 5.75 Å². The summed E-state index contributed by atoms with van der Waals surface area (Å²) >= 11 is 1.29. The van der Waals surface area contributed by atoms with Crippen molar-refractivity contribution in [3.8, 4) is 5.75 Å². The number of carbonyl (C=O) groups excluding carboxylic acids is 4. The lowest BCUT2D eigenvalue weighted by Gasteiger charge is -2.07. The number of aryl methyl sites for hydroxylation is 1. The van der Waals surface area contributed by atoms with E-state index < -0.39 is 23.8 Å². The number of rotatable bonds is 7. The van der Waals surface area contributed by atoms with Crippen LogP contribution in [-0.2, 0) is 27.2 Å². The van der Waals surface area contributed by atoms with Crippen LogP contribution in [0, 0.1) is 0 Å². The Hall–Kier alpha value is -4.31. The Labute approximate surface area is 211 Å². The minimum Gasteiger partial charge on any atom is -0.462 e. The summed E-state index contributed by atoms with van der Waals surface area (Å²) in [5.74, 6) is -2.56. The Morgan fingerprint density at radius 2 is 1.72 bits per heavy atom. The van der Waals surface area contributed by atoms with E-state index in [0.717, 1.165) is 29.7 Å². The molecule has 0 saturated carbocycles. The van der Waals surface area contributed by atoms with Crippen LogP contribution in [-0.4, -0.2) is 36.6 Å². The van der Waals surface area contributed by atoms with E-state index >= 15 is 0 Å². The van der Waals surface area contributed by atoms with Crippen LogP contribution >= 0.6 is 11.3 Å². The predicted octanol–water partition coefficient (Wildman–Crippen LogP) is 3.72. The summed E-state index contributed by atoms with van der Waals surface area (Å²) < 4.78 is 10.4. The zero-order chi connectivity index (χ0) is 25.5. The van der Waals surface area contributed by atoms with Gasteiger partial charge in [0.1, 0.15) is 10.8 Å².